The van der Waals surface area contributed by atoms with Crippen LogP contribution in [0.1, 0.15) is 17.5 Å². The monoisotopic (exact) mass is 333 g/mol. The number of amides is 1. The summed E-state index contributed by atoms with van der Waals surface area (Å²) in [7, 11) is 0. The molecule has 0 fully saturated rings. The smallest absolute Gasteiger partial charge is 0.220 e. The molecular formula is C18H20ClNO3. The Balaban J connectivity index is 1.82. The van der Waals surface area contributed by atoms with Gasteiger partial charge in [-0.3, -0.25) is 4.79 Å². The van der Waals surface area contributed by atoms with E-state index < -0.39 is 0 Å². The second kappa shape index (κ2) is 8.56. The molecule has 0 spiro atoms. The van der Waals surface area contributed by atoms with Crippen LogP contribution in [0.5, 0.6) is 5.75 Å². The lowest BCUT2D eigenvalue weighted by atomic mass is 10.1. The van der Waals surface area contributed by atoms with Crippen LogP contribution in [0.15, 0.2) is 48.5 Å². The van der Waals surface area contributed by atoms with Gasteiger partial charge in [0, 0.05) is 11.4 Å². The fourth-order valence-electron chi connectivity index (χ4n) is 2.29. The molecule has 4 nitrogen and oxygen atoms in total. The lowest BCUT2D eigenvalue weighted by Crippen LogP contribution is -2.39. The highest BCUT2D eigenvalue weighted by atomic mass is 35.5. The SMILES string of the molecule is O=C(CCc1ccc(Cl)cc1)N[C@H](CO)Cc1ccc(O)cc1. The summed E-state index contributed by atoms with van der Waals surface area (Å²) in [6.07, 6.45) is 1.50. The van der Waals surface area contributed by atoms with Crippen LogP contribution in [0.25, 0.3) is 0 Å². The van der Waals surface area contributed by atoms with Crippen molar-refractivity contribution in [2.45, 2.75) is 25.3 Å². The number of benzene rings is 2. The standard InChI is InChI=1S/C18H20ClNO3/c19-15-6-1-13(2-7-15)5-10-18(23)20-16(12-21)11-14-3-8-17(22)9-4-14/h1-4,6-9,16,21-22H,5,10-12H2,(H,20,23)/t16-/m0/s1. The fraction of sp³-hybridized carbons (Fsp3) is 0.278. The molecule has 2 rings (SSSR count). The van der Waals surface area contributed by atoms with E-state index in [0.717, 1.165) is 11.1 Å². The number of nitrogens with one attached hydrogen (secondary N) is 1. The van der Waals surface area contributed by atoms with Crippen molar-refractivity contribution in [3.63, 3.8) is 0 Å². The molecule has 0 bridgehead atoms. The number of hydrogen-bond acceptors (Lipinski definition) is 3. The minimum absolute atomic E-state index is 0.0993. The molecule has 0 aliphatic rings. The Morgan fingerprint density at radius 2 is 1.65 bits per heavy atom. The molecule has 0 aliphatic carbocycles. The van der Waals surface area contributed by atoms with Gasteiger partial charge in [-0.15, -0.1) is 0 Å². The van der Waals surface area contributed by atoms with E-state index in [2.05, 4.69) is 5.32 Å². The summed E-state index contributed by atoms with van der Waals surface area (Å²) in [6.45, 7) is -0.131. The van der Waals surface area contributed by atoms with E-state index in [0.29, 0.717) is 24.3 Å². The van der Waals surface area contributed by atoms with Gasteiger partial charge in [0.2, 0.25) is 5.91 Å². The maximum absolute atomic E-state index is 12.0. The zero-order valence-electron chi connectivity index (χ0n) is 12.7. The predicted molar refractivity (Wildman–Crippen MR) is 90.6 cm³/mol. The number of aryl methyl sites for hydroxylation is 1. The summed E-state index contributed by atoms with van der Waals surface area (Å²) in [5, 5.41) is 22.2. The largest absolute Gasteiger partial charge is 0.508 e. The Hall–Kier alpha value is -2.04. The van der Waals surface area contributed by atoms with E-state index in [4.69, 9.17) is 11.6 Å². The molecule has 1 amide bonds. The quantitative estimate of drug-likeness (QED) is 0.729. The van der Waals surface area contributed by atoms with Crippen molar-refractivity contribution in [2.75, 3.05) is 6.61 Å². The van der Waals surface area contributed by atoms with E-state index in [1.54, 1.807) is 36.4 Å². The van der Waals surface area contributed by atoms with Gasteiger partial charge in [-0.1, -0.05) is 35.9 Å². The van der Waals surface area contributed by atoms with Crippen LogP contribution in [0.2, 0.25) is 5.02 Å². The number of rotatable bonds is 7. The van der Waals surface area contributed by atoms with Crippen LogP contribution in [0, 0.1) is 0 Å². The molecule has 2 aromatic carbocycles. The van der Waals surface area contributed by atoms with Gasteiger partial charge >= 0.3 is 0 Å². The van der Waals surface area contributed by atoms with Crippen molar-refractivity contribution in [1.29, 1.82) is 0 Å². The van der Waals surface area contributed by atoms with Crippen molar-refractivity contribution in [3.8, 4) is 5.75 Å². The third-order valence-corrected chi connectivity index (χ3v) is 3.81. The molecule has 23 heavy (non-hydrogen) atoms. The van der Waals surface area contributed by atoms with Gasteiger partial charge in [0.05, 0.1) is 12.6 Å². The van der Waals surface area contributed by atoms with Crippen molar-refractivity contribution < 1.29 is 15.0 Å². The van der Waals surface area contributed by atoms with E-state index in [1.807, 2.05) is 12.1 Å². The number of carbonyl (C=O) groups is 1. The van der Waals surface area contributed by atoms with Gasteiger partial charge in [-0.2, -0.15) is 0 Å². The second-order valence-corrected chi connectivity index (χ2v) is 5.88. The molecular weight excluding hydrogens is 314 g/mol. The normalized spacial score (nSPS) is 11.9. The van der Waals surface area contributed by atoms with Crippen molar-refractivity contribution in [2.24, 2.45) is 0 Å². The Kier molecular flexibility index (Phi) is 6.44. The topological polar surface area (TPSA) is 69.6 Å². The maximum Gasteiger partial charge on any atom is 0.220 e. The highest BCUT2D eigenvalue weighted by molar-refractivity contribution is 6.30. The molecule has 0 radical (unpaired) electrons. The van der Waals surface area contributed by atoms with Crippen LogP contribution >= 0.6 is 11.6 Å². The number of hydrogen-bond donors (Lipinski definition) is 3. The summed E-state index contributed by atoms with van der Waals surface area (Å²) in [6, 6.07) is 13.8. The molecule has 0 saturated carbocycles. The first-order valence-corrected chi connectivity index (χ1v) is 7.87. The average Bonchev–Trinajstić information content (AvgIpc) is 2.55. The Bertz CT molecular complexity index is 626. The lowest BCUT2D eigenvalue weighted by molar-refractivity contribution is -0.122. The molecule has 0 aliphatic heterocycles. The molecule has 0 saturated heterocycles. The highest BCUT2D eigenvalue weighted by Crippen LogP contribution is 2.12. The highest BCUT2D eigenvalue weighted by Gasteiger charge is 2.12. The minimum Gasteiger partial charge on any atom is -0.508 e. The summed E-state index contributed by atoms with van der Waals surface area (Å²) in [5.74, 6) is 0.0964. The summed E-state index contributed by atoms with van der Waals surface area (Å²) >= 11 is 5.83. The number of aliphatic hydroxyl groups excluding tert-OH is 1. The zero-order chi connectivity index (χ0) is 16.7. The van der Waals surface area contributed by atoms with E-state index in [9.17, 15) is 15.0 Å². The van der Waals surface area contributed by atoms with E-state index in [1.165, 1.54) is 0 Å². The van der Waals surface area contributed by atoms with Gasteiger partial charge in [0.25, 0.3) is 0 Å². The van der Waals surface area contributed by atoms with Gasteiger partial charge < -0.3 is 15.5 Å². The Morgan fingerprint density at radius 3 is 2.26 bits per heavy atom. The minimum atomic E-state index is -0.336. The van der Waals surface area contributed by atoms with Crippen LogP contribution in [-0.4, -0.2) is 28.8 Å². The van der Waals surface area contributed by atoms with Gasteiger partial charge in [0.15, 0.2) is 0 Å². The Labute approximate surface area is 140 Å². The molecule has 3 N–H and O–H groups in total. The lowest BCUT2D eigenvalue weighted by Gasteiger charge is -2.16. The van der Waals surface area contributed by atoms with Gasteiger partial charge in [-0.25, -0.2) is 0 Å². The number of carbonyl (C=O) groups excluding carboxylic acids is 1. The third kappa shape index (κ3) is 5.93. The Morgan fingerprint density at radius 1 is 1.04 bits per heavy atom. The molecule has 0 aromatic heterocycles. The van der Waals surface area contributed by atoms with Crippen molar-refractivity contribution in [3.05, 3.63) is 64.7 Å². The number of phenols is 1. The van der Waals surface area contributed by atoms with Crippen LogP contribution < -0.4 is 5.32 Å². The van der Waals surface area contributed by atoms with Crippen molar-refractivity contribution >= 4 is 17.5 Å². The first-order chi connectivity index (χ1) is 11.1. The summed E-state index contributed by atoms with van der Waals surface area (Å²) in [4.78, 5) is 12.0. The molecule has 1 atom stereocenters. The first kappa shape index (κ1) is 17.3. The summed E-state index contributed by atoms with van der Waals surface area (Å²) in [5.41, 5.74) is 1.99. The third-order valence-electron chi connectivity index (χ3n) is 3.56. The fourth-order valence-corrected chi connectivity index (χ4v) is 2.41. The maximum atomic E-state index is 12.0. The predicted octanol–water partition coefficient (Wildman–Crippen LogP) is 2.70. The molecule has 0 heterocycles. The second-order valence-electron chi connectivity index (χ2n) is 5.44. The number of phenolic OH excluding ortho intramolecular Hbond substituents is 1. The molecule has 5 heteroatoms. The first-order valence-electron chi connectivity index (χ1n) is 7.49. The summed E-state index contributed by atoms with van der Waals surface area (Å²) < 4.78 is 0. The number of aromatic hydroxyl groups is 1. The molecule has 0 unspecified atom stereocenters. The van der Waals surface area contributed by atoms with Crippen LogP contribution in [0.3, 0.4) is 0 Å². The molecule has 122 valence electrons. The molecule has 2 aromatic rings. The number of aliphatic hydroxyl groups is 1. The van der Waals surface area contributed by atoms with Crippen LogP contribution in [0.4, 0.5) is 0 Å². The van der Waals surface area contributed by atoms with Gasteiger partial charge in [-0.05, 0) is 48.2 Å². The van der Waals surface area contributed by atoms with Crippen molar-refractivity contribution in [1.82, 2.24) is 5.32 Å². The average molecular weight is 334 g/mol. The van der Waals surface area contributed by atoms with Crippen LogP contribution in [-0.2, 0) is 17.6 Å². The van der Waals surface area contributed by atoms with E-state index in [-0.39, 0.29) is 24.3 Å². The van der Waals surface area contributed by atoms with E-state index >= 15 is 0 Å². The number of halogens is 1. The van der Waals surface area contributed by atoms with Gasteiger partial charge in [0.1, 0.15) is 5.75 Å². The zero-order valence-corrected chi connectivity index (χ0v) is 13.5.